The molecule has 0 unspecified atom stereocenters. The van der Waals surface area contributed by atoms with Crippen LogP contribution in [0, 0.1) is 0 Å². The number of carbonyl (C=O) groups excluding carboxylic acids is 1. The minimum absolute atomic E-state index is 0.0723. The Balaban J connectivity index is 2.21. The molecule has 0 saturated heterocycles. The van der Waals surface area contributed by atoms with Gasteiger partial charge in [0.15, 0.2) is 5.78 Å². The van der Waals surface area contributed by atoms with Crippen LogP contribution in [0.15, 0.2) is 53.5 Å². The molecule has 3 heteroatoms. The molecule has 0 atom stereocenters. The number of hydrogen-bond acceptors (Lipinski definition) is 3. The molecule has 0 aliphatic rings. The van der Waals surface area contributed by atoms with Gasteiger partial charge in [0, 0.05) is 34.3 Å². The van der Waals surface area contributed by atoms with Crippen LogP contribution in [0.4, 0.5) is 0 Å². The standard InChI is InChI=1S/C14H9NOS/c16-14(11-5-7-17-9-11)13-3-1-2-10-8-15-6-4-12(10)13/h1-9H. The monoisotopic (exact) mass is 239 g/mol. The highest BCUT2D eigenvalue weighted by atomic mass is 32.1. The summed E-state index contributed by atoms with van der Waals surface area (Å²) in [6, 6.07) is 9.46. The summed E-state index contributed by atoms with van der Waals surface area (Å²) >= 11 is 1.53. The summed E-state index contributed by atoms with van der Waals surface area (Å²) in [5.41, 5.74) is 1.49. The van der Waals surface area contributed by atoms with E-state index >= 15 is 0 Å². The highest BCUT2D eigenvalue weighted by Gasteiger charge is 2.12. The van der Waals surface area contributed by atoms with E-state index in [0.717, 1.165) is 21.9 Å². The van der Waals surface area contributed by atoms with Crippen LogP contribution >= 0.6 is 11.3 Å². The van der Waals surface area contributed by atoms with Gasteiger partial charge in [-0.1, -0.05) is 18.2 Å². The van der Waals surface area contributed by atoms with E-state index in [1.807, 2.05) is 41.1 Å². The smallest absolute Gasteiger partial charge is 0.194 e. The van der Waals surface area contributed by atoms with E-state index in [4.69, 9.17) is 0 Å². The second kappa shape index (κ2) is 4.11. The zero-order valence-electron chi connectivity index (χ0n) is 8.96. The van der Waals surface area contributed by atoms with Crippen molar-refractivity contribution in [3.8, 4) is 0 Å². The third-order valence-electron chi connectivity index (χ3n) is 2.71. The van der Waals surface area contributed by atoms with E-state index in [1.54, 1.807) is 12.4 Å². The zero-order valence-corrected chi connectivity index (χ0v) is 9.78. The third kappa shape index (κ3) is 1.74. The summed E-state index contributed by atoms with van der Waals surface area (Å²) in [5.74, 6) is 0.0723. The Morgan fingerprint density at radius 1 is 1.18 bits per heavy atom. The molecule has 17 heavy (non-hydrogen) atoms. The first kappa shape index (κ1) is 10.2. The molecule has 0 aliphatic heterocycles. The lowest BCUT2D eigenvalue weighted by atomic mass is 10.00. The number of nitrogens with zero attached hydrogens (tertiary/aromatic N) is 1. The first-order valence-corrected chi connectivity index (χ1v) is 6.20. The minimum Gasteiger partial charge on any atom is -0.289 e. The lowest BCUT2D eigenvalue weighted by molar-refractivity contribution is 0.104. The Labute approximate surface area is 103 Å². The Morgan fingerprint density at radius 2 is 2.12 bits per heavy atom. The van der Waals surface area contributed by atoms with Crippen LogP contribution in [-0.2, 0) is 0 Å². The summed E-state index contributed by atoms with van der Waals surface area (Å²) in [6.45, 7) is 0. The van der Waals surface area contributed by atoms with Crippen molar-refractivity contribution in [2.24, 2.45) is 0 Å². The number of aromatic nitrogens is 1. The molecule has 0 fully saturated rings. The quantitative estimate of drug-likeness (QED) is 0.640. The fraction of sp³-hybridized carbons (Fsp3) is 0. The maximum atomic E-state index is 12.3. The Kier molecular flexibility index (Phi) is 2.46. The average molecular weight is 239 g/mol. The normalized spacial score (nSPS) is 10.6. The van der Waals surface area contributed by atoms with E-state index in [1.165, 1.54) is 11.3 Å². The summed E-state index contributed by atoms with van der Waals surface area (Å²) in [7, 11) is 0. The summed E-state index contributed by atoms with van der Waals surface area (Å²) in [4.78, 5) is 16.4. The molecule has 0 N–H and O–H groups in total. The average Bonchev–Trinajstić information content (AvgIpc) is 2.91. The van der Waals surface area contributed by atoms with Gasteiger partial charge in [-0.3, -0.25) is 9.78 Å². The lowest BCUT2D eigenvalue weighted by Crippen LogP contribution is -2.00. The van der Waals surface area contributed by atoms with E-state index < -0.39 is 0 Å². The van der Waals surface area contributed by atoms with Gasteiger partial charge in [0.25, 0.3) is 0 Å². The predicted octanol–water partition coefficient (Wildman–Crippen LogP) is 3.53. The van der Waals surface area contributed by atoms with Crippen molar-refractivity contribution in [1.82, 2.24) is 4.98 Å². The number of thiophene rings is 1. The Hall–Kier alpha value is -2.00. The van der Waals surface area contributed by atoms with Crippen molar-refractivity contribution in [2.45, 2.75) is 0 Å². The van der Waals surface area contributed by atoms with E-state index in [2.05, 4.69) is 4.98 Å². The molecular weight excluding hydrogens is 230 g/mol. The van der Waals surface area contributed by atoms with E-state index in [0.29, 0.717) is 0 Å². The maximum absolute atomic E-state index is 12.3. The van der Waals surface area contributed by atoms with E-state index in [-0.39, 0.29) is 5.78 Å². The topological polar surface area (TPSA) is 30.0 Å². The predicted molar refractivity (Wildman–Crippen MR) is 69.5 cm³/mol. The van der Waals surface area contributed by atoms with Gasteiger partial charge in [-0.25, -0.2) is 0 Å². The number of rotatable bonds is 2. The SMILES string of the molecule is O=C(c1ccsc1)c1cccc2cnccc12. The zero-order chi connectivity index (χ0) is 11.7. The van der Waals surface area contributed by atoms with Crippen LogP contribution in [0.2, 0.25) is 0 Å². The molecule has 0 aliphatic carbocycles. The second-order valence-electron chi connectivity index (χ2n) is 3.74. The molecule has 1 aromatic carbocycles. The van der Waals surface area contributed by atoms with Gasteiger partial charge in [0.05, 0.1) is 0 Å². The third-order valence-corrected chi connectivity index (χ3v) is 3.39. The molecule has 2 heterocycles. The molecule has 0 spiro atoms. The Bertz CT molecular complexity index is 668. The van der Waals surface area contributed by atoms with Gasteiger partial charge >= 0.3 is 0 Å². The van der Waals surface area contributed by atoms with Crippen LogP contribution in [0.3, 0.4) is 0 Å². The molecule has 3 aromatic rings. The molecule has 0 radical (unpaired) electrons. The van der Waals surface area contributed by atoms with Crippen LogP contribution in [0.5, 0.6) is 0 Å². The molecule has 3 rings (SSSR count). The van der Waals surface area contributed by atoms with Gasteiger partial charge in [0.2, 0.25) is 0 Å². The van der Waals surface area contributed by atoms with Gasteiger partial charge in [-0.05, 0) is 22.9 Å². The first-order valence-electron chi connectivity index (χ1n) is 5.26. The number of ketones is 1. The van der Waals surface area contributed by atoms with Gasteiger partial charge in [-0.15, -0.1) is 0 Å². The summed E-state index contributed by atoms with van der Waals surface area (Å²) in [6.07, 6.45) is 3.49. The summed E-state index contributed by atoms with van der Waals surface area (Å²) in [5, 5.41) is 5.75. The fourth-order valence-corrected chi connectivity index (χ4v) is 2.51. The molecule has 82 valence electrons. The molecule has 2 aromatic heterocycles. The number of pyridine rings is 1. The van der Waals surface area contributed by atoms with E-state index in [9.17, 15) is 4.79 Å². The largest absolute Gasteiger partial charge is 0.289 e. The number of fused-ring (bicyclic) bond motifs is 1. The van der Waals surface area contributed by atoms with Gasteiger partial charge in [0.1, 0.15) is 0 Å². The maximum Gasteiger partial charge on any atom is 0.194 e. The van der Waals surface area contributed by atoms with Crippen LogP contribution < -0.4 is 0 Å². The number of carbonyl (C=O) groups is 1. The summed E-state index contributed by atoms with van der Waals surface area (Å²) < 4.78 is 0. The van der Waals surface area contributed by atoms with Gasteiger partial charge in [-0.2, -0.15) is 11.3 Å². The molecule has 0 saturated carbocycles. The highest BCUT2D eigenvalue weighted by molar-refractivity contribution is 7.08. The molecule has 0 amide bonds. The van der Waals surface area contributed by atoms with Crippen LogP contribution in [-0.4, -0.2) is 10.8 Å². The molecule has 2 nitrogen and oxygen atoms in total. The molecular formula is C14H9NOS. The Morgan fingerprint density at radius 3 is 2.94 bits per heavy atom. The van der Waals surface area contributed by atoms with Gasteiger partial charge < -0.3 is 0 Å². The van der Waals surface area contributed by atoms with Crippen molar-refractivity contribution in [3.05, 3.63) is 64.6 Å². The van der Waals surface area contributed by atoms with Crippen molar-refractivity contribution in [3.63, 3.8) is 0 Å². The van der Waals surface area contributed by atoms with Crippen LogP contribution in [0.1, 0.15) is 15.9 Å². The first-order chi connectivity index (χ1) is 8.36. The van der Waals surface area contributed by atoms with Crippen molar-refractivity contribution in [1.29, 1.82) is 0 Å². The number of hydrogen-bond donors (Lipinski definition) is 0. The minimum atomic E-state index is 0.0723. The fourth-order valence-electron chi connectivity index (χ4n) is 1.87. The molecule has 0 bridgehead atoms. The highest BCUT2D eigenvalue weighted by Crippen LogP contribution is 2.21. The number of benzene rings is 1. The lowest BCUT2D eigenvalue weighted by Gasteiger charge is -2.03. The van der Waals surface area contributed by atoms with Crippen molar-refractivity contribution >= 4 is 27.9 Å². The van der Waals surface area contributed by atoms with Crippen LogP contribution in [0.25, 0.3) is 10.8 Å². The van der Waals surface area contributed by atoms with Crippen molar-refractivity contribution < 1.29 is 4.79 Å². The van der Waals surface area contributed by atoms with Crippen molar-refractivity contribution in [2.75, 3.05) is 0 Å². The second-order valence-corrected chi connectivity index (χ2v) is 4.52.